The van der Waals surface area contributed by atoms with Crippen molar-refractivity contribution in [2.24, 2.45) is 5.10 Å². The van der Waals surface area contributed by atoms with E-state index in [9.17, 15) is 17.3 Å². The predicted octanol–water partition coefficient (Wildman–Crippen LogP) is 5.57. The Labute approximate surface area is 170 Å². The molecule has 0 aliphatic carbocycles. The summed E-state index contributed by atoms with van der Waals surface area (Å²) in [7, 11) is -6.00. The van der Waals surface area contributed by atoms with Crippen LogP contribution in [0, 0.1) is 0 Å². The second kappa shape index (κ2) is 9.69. The lowest BCUT2D eigenvalue weighted by Gasteiger charge is -2.05. The first-order chi connectivity index (χ1) is 14.4. The van der Waals surface area contributed by atoms with Gasteiger partial charge in [0.1, 0.15) is 16.9 Å². The van der Waals surface area contributed by atoms with Crippen LogP contribution in [0.3, 0.4) is 0 Å². The lowest BCUT2D eigenvalue weighted by molar-refractivity contribution is -0.683. The molecular formula is C22H17BF4N2O. The van der Waals surface area contributed by atoms with E-state index in [4.69, 9.17) is 4.42 Å². The highest BCUT2D eigenvalue weighted by molar-refractivity contribution is 6.50. The summed E-state index contributed by atoms with van der Waals surface area (Å²) in [5.41, 5.74) is 2.05. The summed E-state index contributed by atoms with van der Waals surface area (Å²) in [6, 6.07) is 29.9. The minimum Gasteiger partial charge on any atom is -0.456 e. The number of benzene rings is 2. The molecule has 0 bridgehead atoms. The van der Waals surface area contributed by atoms with Crippen LogP contribution >= 0.6 is 0 Å². The van der Waals surface area contributed by atoms with Gasteiger partial charge in [-0.15, -0.1) is 0 Å². The van der Waals surface area contributed by atoms with Gasteiger partial charge >= 0.3 is 7.25 Å². The molecule has 2 aromatic carbocycles. The molecule has 4 aromatic rings. The van der Waals surface area contributed by atoms with Crippen molar-refractivity contribution in [2.75, 3.05) is 0 Å². The summed E-state index contributed by atoms with van der Waals surface area (Å²) in [5.74, 6) is 1.58. The van der Waals surface area contributed by atoms with E-state index in [0.29, 0.717) is 0 Å². The van der Waals surface area contributed by atoms with Gasteiger partial charge in [-0.1, -0.05) is 71.4 Å². The van der Waals surface area contributed by atoms with Gasteiger partial charge in [0.2, 0.25) is 12.4 Å². The van der Waals surface area contributed by atoms with Gasteiger partial charge in [-0.25, -0.2) is 0 Å². The predicted molar refractivity (Wildman–Crippen MR) is 107 cm³/mol. The Morgan fingerprint density at radius 2 is 1.03 bits per heavy atom. The van der Waals surface area contributed by atoms with Gasteiger partial charge in [0.15, 0.2) is 0 Å². The highest BCUT2D eigenvalue weighted by Crippen LogP contribution is 2.24. The zero-order chi connectivity index (χ0) is 21.4. The first-order valence-corrected chi connectivity index (χ1v) is 9.03. The molecule has 0 atom stereocenters. The van der Waals surface area contributed by atoms with E-state index in [0.717, 1.165) is 28.0 Å². The molecule has 0 aliphatic rings. The Balaban J connectivity index is 0.000000461. The molecule has 4 rings (SSSR count). The number of pyridine rings is 1. The monoisotopic (exact) mass is 412 g/mol. The first-order valence-electron chi connectivity index (χ1n) is 9.03. The molecule has 0 aliphatic heterocycles. The summed E-state index contributed by atoms with van der Waals surface area (Å²) in [6.07, 6.45) is 3.82. The number of hydrogen-bond donors (Lipinski definition) is 0. The fraction of sp³-hybridized carbons (Fsp3) is 0. The molecule has 3 nitrogen and oxygen atoms in total. The van der Waals surface area contributed by atoms with E-state index in [2.05, 4.69) is 5.10 Å². The normalized spacial score (nSPS) is 10.7. The van der Waals surface area contributed by atoms with Crippen molar-refractivity contribution in [3.63, 3.8) is 0 Å². The fourth-order valence-electron chi connectivity index (χ4n) is 2.62. The maximum Gasteiger partial charge on any atom is 0.673 e. The van der Waals surface area contributed by atoms with Gasteiger partial charge < -0.3 is 21.7 Å². The Bertz CT molecular complexity index is 1070. The standard InChI is InChI=1S/C22H17N2O.BF4/c1-4-10-18(11-5-1)21-16-20(23-24-14-8-3-9-15-24)17-22(25-21)19-12-6-2-7-13-19;2-1(3,4)5/h1-17H;/q+1;-1. The van der Waals surface area contributed by atoms with Crippen LogP contribution in [0.25, 0.3) is 22.6 Å². The highest BCUT2D eigenvalue weighted by Gasteiger charge is 2.20. The van der Waals surface area contributed by atoms with Gasteiger partial charge in [-0.05, 0) is 0 Å². The quantitative estimate of drug-likeness (QED) is 0.246. The molecule has 152 valence electrons. The lowest BCUT2D eigenvalue weighted by Crippen LogP contribution is -2.29. The van der Waals surface area contributed by atoms with E-state index in [1.165, 1.54) is 0 Å². The fourth-order valence-corrected chi connectivity index (χ4v) is 2.62. The average molecular weight is 412 g/mol. The average Bonchev–Trinajstić information content (AvgIpc) is 2.74. The maximum absolute atomic E-state index is 9.75. The minimum absolute atomic E-state index is 0.789. The maximum atomic E-state index is 9.75. The summed E-state index contributed by atoms with van der Waals surface area (Å²) in [4.78, 5) is 0. The van der Waals surface area contributed by atoms with Crippen molar-refractivity contribution in [1.82, 2.24) is 0 Å². The van der Waals surface area contributed by atoms with E-state index < -0.39 is 7.25 Å². The van der Waals surface area contributed by atoms with Gasteiger partial charge in [-0.2, -0.15) is 0 Å². The van der Waals surface area contributed by atoms with Crippen LogP contribution in [0.1, 0.15) is 0 Å². The molecule has 8 heteroatoms. The van der Waals surface area contributed by atoms with Gasteiger partial charge in [0, 0.05) is 40.5 Å². The zero-order valence-corrected chi connectivity index (χ0v) is 15.7. The first kappa shape index (κ1) is 21.0. The summed E-state index contributed by atoms with van der Waals surface area (Å²) >= 11 is 0. The Morgan fingerprint density at radius 1 is 0.633 bits per heavy atom. The number of hydrogen-bond acceptors (Lipinski definition) is 2. The zero-order valence-electron chi connectivity index (χ0n) is 15.7. The molecule has 0 saturated carbocycles. The largest absolute Gasteiger partial charge is 0.673 e. The molecule has 0 unspecified atom stereocenters. The summed E-state index contributed by atoms with van der Waals surface area (Å²) in [6.45, 7) is 0. The summed E-state index contributed by atoms with van der Waals surface area (Å²) < 4.78 is 46.9. The number of halogens is 4. The van der Waals surface area contributed by atoms with Crippen molar-refractivity contribution in [3.05, 3.63) is 109 Å². The molecule has 2 aromatic heterocycles. The van der Waals surface area contributed by atoms with Crippen molar-refractivity contribution in [3.8, 4) is 22.6 Å². The van der Waals surface area contributed by atoms with Crippen LogP contribution in [0.5, 0.6) is 0 Å². The summed E-state index contributed by atoms with van der Waals surface area (Å²) in [5, 5.41) is 5.50. The molecule has 2 heterocycles. The van der Waals surface area contributed by atoms with Gasteiger partial charge in [0.05, 0.1) is 0 Å². The van der Waals surface area contributed by atoms with Crippen LogP contribution in [-0.4, -0.2) is 7.25 Å². The molecule has 0 saturated heterocycles. The second-order valence-corrected chi connectivity index (χ2v) is 6.13. The smallest absolute Gasteiger partial charge is 0.456 e. The van der Waals surface area contributed by atoms with Gasteiger partial charge in [-0.3, -0.25) is 0 Å². The SMILES string of the molecule is F[B-](F)(F)F.c1ccc(-c2cc(=N[n+]3ccccc3)cc(-c3ccccc3)o2)cc1. The molecular weight excluding hydrogens is 395 g/mol. The third kappa shape index (κ3) is 6.74. The number of aromatic nitrogens is 1. The number of rotatable bonds is 3. The number of nitrogens with zero attached hydrogens (tertiary/aromatic N) is 2. The minimum atomic E-state index is -6.00. The highest BCUT2D eigenvalue weighted by atomic mass is 19.5. The van der Waals surface area contributed by atoms with Crippen LogP contribution in [-0.2, 0) is 0 Å². The molecule has 0 radical (unpaired) electrons. The molecule has 0 spiro atoms. The Hall–Kier alpha value is -3.68. The molecule has 0 fully saturated rings. The Kier molecular flexibility index (Phi) is 6.80. The van der Waals surface area contributed by atoms with E-state index in [-0.39, 0.29) is 0 Å². The van der Waals surface area contributed by atoms with Crippen molar-refractivity contribution >= 4 is 7.25 Å². The molecule has 30 heavy (non-hydrogen) atoms. The van der Waals surface area contributed by atoms with Crippen molar-refractivity contribution in [1.29, 1.82) is 0 Å². The third-order valence-corrected chi connectivity index (χ3v) is 3.83. The van der Waals surface area contributed by atoms with E-state index in [1.54, 1.807) is 4.68 Å². The Morgan fingerprint density at radius 3 is 1.47 bits per heavy atom. The van der Waals surface area contributed by atoms with Crippen molar-refractivity contribution < 1.29 is 26.4 Å². The third-order valence-electron chi connectivity index (χ3n) is 3.83. The van der Waals surface area contributed by atoms with Crippen LogP contribution in [0.4, 0.5) is 17.3 Å². The van der Waals surface area contributed by atoms with Crippen molar-refractivity contribution in [2.45, 2.75) is 0 Å². The lowest BCUT2D eigenvalue weighted by atomic mass is 10.1. The second-order valence-electron chi connectivity index (χ2n) is 6.13. The topological polar surface area (TPSA) is 29.4 Å². The molecule has 0 N–H and O–H groups in total. The van der Waals surface area contributed by atoms with Crippen LogP contribution < -0.4 is 10.0 Å². The van der Waals surface area contributed by atoms with Gasteiger partial charge in [0.25, 0.3) is 0 Å². The van der Waals surface area contributed by atoms with Crippen LogP contribution in [0.2, 0.25) is 0 Å². The van der Waals surface area contributed by atoms with E-state index >= 15 is 0 Å². The van der Waals surface area contributed by atoms with Crippen LogP contribution in [0.15, 0.2) is 113 Å². The van der Waals surface area contributed by atoms with E-state index in [1.807, 2.05) is 103 Å². The molecule has 0 amide bonds.